The lowest BCUT2D eigenvalue weighted by Crippen LogP contribution is -2.48. The fraction of sp³-hybridized carbons (Fsp3) is 0.286. The standard InChI is InChI=1S/C21H20ClFN4OS/c22-17-5-3-6-18(23)16(17)12-26-8-10-27(11-9-26)20(28)13-29-21-15-4-1-2-7-19(15)24-14-25-21/h1-7,14H,8-13H2. The van der Waals surface area contributed by atoms with Crippen LogP contribution in [0.4, 0.5) is 4.39 Å². The zero-order valence-electron chi connectivity index (χ0n) is 15.7. The summed E-state index contributed by atoms with van der Waals surface area (Å²) in [5.41, 5.74) is 1.39. The summed E-state index contributed by atoms with van der Waals surface area (Å²) in [6.45, 7) is 3.08. The van der Waals surface area contributed by atoms with Gasteiger partial charge in [0.05, 0.1) is 11.3 Å². The van der Waals surface area contributed by atoms with Crippen molar-refractivity contribution < 1.29 is 9.18 Å². The summed E-state index contributed by atoms with van der Waals surface area (Å²) in [5.74, 6) is 0.130. The number of para-hydroxylation sites is 1. The lowest BCUT2D eigenvalue weighted by Gasteiger charge is -2.35. The van der Waals surface area contributed by atoms with E-state index in [-0.39, 0.29) is 11.7 Å². The third-order valence-electron chi connectivity index (χ3n) is 5.01. The summed E-state index contributed by atoms with van der Waals surface area (Å²) >= 11 is 7.56. The molecule has 5 nitrogen and oxygen atoms in total. The van der Waals surface area contributed by atoms with Crippen LogP contribution in [0.25, 0.3) is 10.9 Å². The smallest absolute Gasteiger partial charge is 0.233 e. The SMILES string of the molecule is O=C(CSc1ncnc2ccccc12)N1CCN(Cc2c(F)cccc2Cl)CC1. The van der Waals surface area contributed by atoms with Gasteiger partial charge in [0.2, 0.25) is 5.91 Å². The maximum absolute atomic E-state index is 14.0. The summed E-state index contributed by atoms with van der Waals surface area (Å²) in [7, 11) is 0. The molecular formula is C21H20ClFN4OS. The molecule has 1 aliphatic rings. The predicted molar refractivity (Wildman–Crippen MR) is 114 cm³/mol. The minimum atomic E-state index is -0.288. The second-order valence-electron chi connectivity index (χ2n) is 6.84. The monoisotopic (exact) mass is 430 g/mol. The number of rotatable bonds is 5. The molecule has 2 heterocycles. The Hall–Kier alpha value is -2.22. The van der Waals surface area contributed by atoms with E-state index in [2.05, 4.69) is 14.9 Å². The molecule has 0 unspecified atom stereocenters. The summed E-state index contributed by atoms with van der Waals surface area (Å²) in [6.07, 6.45) is 1.53. The third-order valence-corrected chi connectivity index (χ3v) is 6.35. The normalized spacial score (nSPS) is 15.0. The molecule has 0 radical (unpaired) electrons. The van der Waals surface area contributed by atoms with Gasteiger partial charge in [-0.15, -0.1) is 0 Å². The van der Waals surface area contributed by atoms with Crippen LogP contribution in [-0.4, -0.2) is 57.6 Å². The molecule has 0 bridgehead atoms. The number of benzene rings is 2. The number of hydrogen-bond acceptors (Lipinski definition) is 5. The van der Waals surface area contributed by atoms with E-state index in [1.165, 1.54) is 24.2 Å². The first-order valence-electron chi connectivity index (χ1n) is 9.37. The fourth-order valence-electron chi connectivity index (χ4n) is 3.38. The molecule has 29 heavy (non-hydrogen) atoms. The highest BCUT2D eigenvalue weighted by atomic mass is 35.5. The van der Waals surface area contributed by atoms with Crippen LogP contribution in [-0.2, 0) is 11.3 Å². The molecule has 150 valence electrons. The van der Waals surface area contributed by atoms with Crippen LogP contribution in [0.1, 0.15) is 5.56 Å². The molecule has 0 atom stereocenters. The van der Waals surface area contributed by atoms with Crippen molar-refractivity contribution >= 4 is 40.2 Å². The van der Waals surface area contributed by atoms with Crippen LogP contribution in [0, 0.1) is 5.82 Å². The number of piperazine rings is 1. The molecule has 1 amide bonds. The molecule has 4 rings (SSSR count). The van der Waals surface area contributed by atoms with Crippen molar-refractivity contribution in [3.63, 3.8) is 0 Å². The highest BCUT2D eigenvalue weighted by molar-refractivity contribution is 8.00. The minimum Gasteiger partial charge on any atom is -0.339 e. The van der Waals surface area contributed by atoms with Crippen LogP contribution in [0.2, 0.25) is 5.02 Å². The van der Waals surface area contributed by atoms with Crippen LogP contribution in [0.15, 0.2) is 53.8 Å². The quantitative estimate of drug-likeness (QED) is 0.454. The van der Waals surface area contributed by atoms with Gasteiger partial charge in [-0.2, -0.15) is 0 Å². The Balaban J connectivity index is 1.31. The van der Waals surface area contributed by atoms with E-state index < -0.39 is 0 Å². The number of thioether (sulfide) groups is 1. The van der Waals surface area contributed by atoms with E-state index in [1.807, 2.05) is 29.2 Å². The third kappa shape index (κ3) is 4.69. The molecule has 2 aromatic carbocycles. The molecule has 1 saturated heterocycles. The van der Waals surface area contributed by atoms with Crippen LogP contribution < -0.4 is 0 Å². The van der Waals surface area contributed by atoms with Gasteiger partial charge in [-0.25, -0.2) is 14.4 Å². The maximum atomic E-state index is 14.0. The zero-order valence-corrected chi connectivity index (χ0v) is 17.3. The average molecular weight is 431 g/mol. The zero-order chi connectivity index (χ0) is 20.2. The van der Waals surface area contributed by atoms with Gasteiger partial charge in [0.1, 0.15) is 17.2 Å². The van der Waals surface area contributed by atoms with Crippen LogP contribution >= 0.6 is 23.4 Å². The number of aromatic nitrogens is 2. The Morgan fingerprint density at radius 1 is 1.07 bits per heavy atom. The summed E-state index contributed by atoms with van der Waals surface area (Å²) in [6, 6.07) is 12.5. The fourth-order valence-corrected chi connectivity index (χ4v) is 4.49. The number of halogens is 2. The number of amides is 1. The number of carbonyl (C=O) groups excluding carboxylic acids is 1. The van der Waals surface area contributed by atoms with Gasteiger partial charge in [0.15, 0.2) is 0 Å². The Labute approximate surface area is 177 Å². The lowest BCUT2D eigenvalue weighted by molar-refractivity contribution is -0.130. The van der Waals surface area contributed by atoms with E-state index in [4.69, 9.17) is 11.6 Å². The van der Waals surface area contributed by atoms with E-state index in [0.717, 1.165) is 15.9 Å². The van der Waals surface area contributed by atoms with Crippen LogP contribution in [0.5, 0.6) is 0 Å². The first-order valence-corrected chi connectivity index (χ1v) is 10.7. The van der Waals surface area contributed by atoms with Crippen molar-refractivity contribution in [3.05, 3.63) is 65.2 Å². The Morgan fingerprint density at radius 2 is 1.86 bits per heavy atom. The van der Waals surface area contributed by atoms with Gasteiger partial charge >= 0.3 is 0 Å². The van der Waals surface area contributed by atoms with E-state index in [1.54, 1.807) is 12.1 Å². The van der Waals surface area contributed by atoms with Crippen LogP contribution in [0.3, 0.4) is 0 Å². The van der Waals surface area contributed by atoms with E-state index >= 15 is 0 Å². The van der Waals surface area contributed by atoms with Gasteiger partial charge in [0, 0.05) is 48.7 Å². The molecule has 0 saturated carbocycles. The average Bonchev–Trinajstić information content (AvgIpc) is 2.75. The molecule has 0 spiro atoms. The van der Waals surface area contributed by atoms with Crippen molar-refractivity contribution in [2.75, 3.05) is 31.9 Å². The Kier molecular flexibility index (Phi) is 6.28. The van der Waals surface area contributed by atoms with E-state index in [9.17, 15) is 9.18 Å². The lowest BCUT2D eigenvalue weighted by atomic mass is 10.2. The van der Waals surface area contributed by atoms with Gasteiger partial charge in [-0.1, -0.05) is 47.6 Å². The van der Waals surface area contributed by atoms with Crippen molar-refractivity contribution in [2.24, 2.45) is 0 Å². The molecule has 8 heteroatoms. The molecule has 0 N–H and O–H groups in total. The van der Waals surface area contributed by atoms with Crippen molar-refractivity contribution in [2.45, 2.75) is 11.6 Å². The number of hydrogen-bond donors (Lipinski definition) is 0. The number of fused-ring (bicyclic) bond motifs is 1. The maximum Gasteiger partial charge on any atom is 0.233 e. The summed E-state index contributed by atoms with van der Waals surface area (Å²) < 4.78 is 14.0. The minimum absolute atomic E-state index is 0.0845. The number of carbonyl (C=O) groups is 1. The first-order chi connectivity index (χ1) is 14.1. The second kappa shape index (κ2) is 9.07. The molecule has 3 aromatic rings. The van der Waals surface area contributed by atoms with Gasteiger partial charge in [0.25, 0.3) is 0 Å². The largest absolute Gasteiger partial charge is 0.339 e. The molecule has 1 aromatic heterocycles. The number of nitrogens with zero attached hydrogens (tertiary/aromatic N) is 4. The van der Waals surface area contributed by atoms with Crippen molar-refractivity contribution in [1.82, 2.24) is 19.8 Å². The molecule has 0 aliphatic carbocycles. The summed E-state index contributed by atoms with van der Waals surface area (Å²) in [5, 5.41) is 2.22. The second-order valence-corrected chi connectivity index (χ2v) is 8.21. The molecular weight excluding hydrogens is 411 g/mol. The van der Waals surface area contributed by atoms with Gasteiger partial charge < -0.3 is 4.90 Å². The highest BCUT2D eigenvalue weighted by Crippen LogP contribution is 2.25. The molecule has 1 fully saturated rings. The topological polar surface area (TPSA) is 49.3 Å². The Morgan fingerprint density at radius 3 is 2.66 bits per heavy atom. The van der Waals surface area contributed by atoms with Gasteiger partial charge in [-0.05, 0) is 18.2 Å². The van der Waals surface area contributed by atoms with E-state index in [0.29, 0.717) is 49.1 Å². The van der Waals surface area contributed by atoms with Crippen molar-refractivity contribution in [1.29, 1.82) is 0 Å². The molecule has 1 aliphatic heterocycles. The van der Waals surface area contributed by atoms with Crippen molar-refractivity contribution in [3.8, 4) is 0 Å². The Bertz CT molecular complexity index is 1000. The summed E-state index contributed by atoms with van der Waals surface area (Å²) in [4.78, 5) is 25.2. The predicted octanol–water partition coefficient (Wildman–Crippen LogP) is 3.86. The van der Waals surface area contributed by atoms with Gasteiger partial charge in [-0.3, -0.25) is 9.69 Å². The highest BCUT2D eigenvalue weighted by Gasteiger charge is 2.22. The first kappa shape index (κ1) is 20.1.